The van der Waals surface area contributed by atoms with Crippen molar-refractivity contribution < 1.29 is 4.79 Å². The van der Waals surface area contributed by atoms with E-state index in [4.69, 9.17) is 0 Å². The number of nitrogens with zero attached hydrogens (tertiary/aromatic N) is 2. The van der Waals surface area contributed by atoms with Gasteiger partial charge < -0.3 is 0 Å². The molecular weight excluding hydrogens is 338 g/mol. The number of aromatic nitrogens is 1. The molecule has 0 saturated carbocycles. The first-order valence-corrected chi connectivity index (χ1v) is 9.21. The number of thiazole rings is 1. The first-order valence-electron chi connectivity index (χ1n) is 7.51. The summed E-state index contributed by atoms with van der Waals surface area (Å²) in [6.45, 7) is 3.94. The molecule has 0 aliphatic carbocycles. The van der Waals surface area contributed by atoms with E-state index in [1.54, 1.807) is 11.3 Å². The van der Waals surface area contributed by atoms with E-state index in [2.05, 4.69) is 15.5 Å². The molecule has 0 radical (unpaired) electrons. The van der Waals surface area contributed by atoms with Crippen molar-refractivity contribution in [2.75, 3.05) is 0 Å². The number of hydrogen-bond acceptors (Lipinski definition) is 5. The second-order valence-corrected chi connectivity index (χ2v) is 7.54. The van der Waals surface area contributed by atoms with Gasteiger partial charge in [-0.3, -0.25) is 4.79 Å². The largest absolute Gasteiger partial charge is 0.273 e. The van der Waals surface area contributed by atoms with Gasteiger partial charge >= 0.3 is 0 Å². The Morgan fingerprint density at radius 2 is 2.00 bits per heavy atom. The highest BCUT2D eigenvalue weighted by Crippen LogP contribution is 2.21. The van der Waals surface area contributed by atoms with Crippen molar-refractivity contribution in [3.8, 4) is 11.3 Å². The van der Waals surface area contributed by atoms with Gasteiger partial charge in [-0.2, -0.15) is 5.10 Å². The van der Waals surface area contributed by atoms with E-state index in [1.807, 2.05) is 61.7 Å². The van der Waals surface area contributed by atoms with Crippen molar-refractivity contribution >= 4 is 34.3 Å². The first-order chi connectivity index (χ1) is 11.6. The number of benzene rings is 1. The number of carbonyl (C=O) groups excluding carboxylic acids is 1. The molecule has 4 nitrogen and oxygen atoms in total. The van der Waals surface area contributed by atoms with Crippen LogP contribution >= 0.6 is 22.7 Å². The second-order valence-electron chi connectivity index (χ2n) is 5.31. The Balaban J connectivity index is 1.60. The number of rotatable bonds is 5. The van der Waals surface area contributed by atoms with Crippen LogP contribution in [0.5, 0.6) is 0 Å². The summed E-state index contributed by atoms with van der Waals surface area (Å²) in [5.41, 5.74) is 5.38. The van der Waals surface area contributed by atoms with Crippen LogP contribution in [0.25, 0.3) is 11.3 Å². The molecule has 0 spiro atoms. The molecule has 1 amide bonds. The summed E-state index contributed by atoms with van der Waals surface area (Å²) in [5, 5.41) is 6.93. The molecule has 122 valence electrons. The lowest BCUT2D eigenvalue weighted by Crippen LogP contribution is -2.21. The molecule has 0 aliphatic heterocycles. The van der Waals surface area contributed by atoms with Crippen LogP contribution in [0.3, 0.4) is 0 Å². The van der Waals surface area contributed by atoms with Crippen LogP contribution in [0.1, 0.15) is 21.7 Å². The van der Waals surface area contributed by atoms with Crippen molar-refractivity contribution in [2.45, 2.75) is 20.3 Å². The molecule has 6 heteroatoms. The maximum Gasteiger partial charge on any atom is 0.246 e. The van der Waals surface area contributed by atoms with E-state index in [0.717, 1.165) is 26.9 Å². The van der Waals surface area contributed by atoms with Crippen LogP contribution in [0, 0.1) is 6.92 Å². The van der Waals surface area contributed by atoms with Crippen LogP contribution in [0.2, 0.25) is 0 Å². The molecule has 0 aliphatic rings. The summed E-state index contributed by atoms with van der Waals surface area (Å²) < 4.78 is 0. The van der Waals surface area contributed by atoms with Gasteiger partial charge in [0.05, 0.1) is 22.7 Å². The van der Waals surface area contributed by atoms with E-state index < -0.39 is 0 Å². The average Bonchev–Trinajstić information content (AvgIpc) is 3.23. The third-order valence-corrected chi connectivity index (χ3v) is 5.34. The van der Waals surface area contributed by atoms with E-state index in [-0.39, 0.29) is 12.3 Å². The van der Waals surface area contributed by atoms with Crippen molar-refractivity contribution in [3.63, 3.8) is 0 Å². The summed E-state index contributed by atoms with van der Waals surface area (Å²) in [6, 6.07) is 14.0. The highest BCUT2D eigenvalue weighted by molar-refractivity contribution is 7.14. The van der Waals surface area contributed by atoms with Crippen LogP contribution in [-0.4, -0.2) is 16.6 Å². The van der Waals surface area contributed by atoms with Gasteiger partial charge in [0.1, 0.15) is 5.01 Å². The number of hydrazone groups is 1. The molecule has 0 saturated heterocycles. The zero-order valence-electron chi connectivity index (χ0n) is 13.4. The van der Waals surface area contributed by atoms with Gasteiger partial charge in [-0.25, -0.2) is 10.4 Å². The van der Waals surface area contributed by atoms with Gasteiger partial charge in [0, 0.05) is 15.8 Å². The predicted octanol–water partition coefficient (Wildman–Crippen LogP) is 4.26. The van der Waals surface area contributed by atoms with E-state index in [1.165, 1.54) is 16.2 Å². The third-order valence-electron chi connectivity index (χ3n) is 3.38. The van der Waals surface area contributed by atoms with E-state index in [0.29, 0.717) is 0 Å². The van der Waals surface area contributed by atoms with Crippen LogP contribution in [-0.2, 0) is 11.2 Å². The van der Waals surface area contributed by atoms with Crippen molar-refractivity contribution in [1.29, 1.82) is 0 Å². The van der Waals surface area contributed by atoms with Gasteiger partial charge in [0.2, 0.25) is 5.91 Å². The zero-order chi connectivity index (χ0) is 16.9. The Kier molecular flexibility index (Phi) is 5.17. The number of hydrogen-bond donors (Lipinski definition) is 1. The highest BCUT2D eigenvalue weighted by atomic mass is 32.1. The fraction of sp³-hybridized carbons (Fsp3) is 0.167. The van der Waals surface area contributed by atoms with Gasteiger partial charge in [0.25, 0.3) is 0 Å². The minimum atomic E-state index is -0.156. The summed E-state index contributed by atoms with van der Waals surface area (Å²) in [5.74, 6) is -0.156. The Morgan fingerprint density at radius 1 is 1.21 bits per heavy atom. The van der Waals surface area contributed by atoms with Crippen LogP contribution in [0.15, 0.2) is 52.9 Å². The predicted molar refractivity (Wildman–Crippen MR) is 101 cm³/mol. The van der Waals surface area contributed by atoms with Gasteiger partial charge in [-0.05, 0) is 26.0 Å². The van der Waals surface area contributed by atoms with Gasteiger partial charge in [0.15, 0.2) is 0 Å². The summed E-state index contributed by atoms with van der Waals surface area (Å²) in [7, 11) is 0. The fourth-order valence-corrected chi connectivity index (χ4v) is 3.76. The molecule has 1 N–H and O–H groups in total. The second kappa shape index (κ2) is 7.51. The van der Waals surface area contributed by atoms with Gasteiger partial charge in [-0.15, -0.1) is 22.7 Å². The zero-order valence-corrected chi connectivity index (χ0v) is 15.1. The summed E-state index contributed by atoms with van der Waals surface area (Å²) >= 11 is 3.15. The summed E-state index contributed by atoms with van der Waals surface area (Å²) in [4.78, 5) is 18.9. The molecule has 24 heavy (non-hydrogen) atoms. The third kappa shape index (κ3) is 4.15. The smallest absolute Gasteiger partial charge is 0.246 e. The lowest BCUT2D eigenvalue weighted by molar-refractivity contribution is -0.120. The number of aryl methyl sites for hydroxylation is 1. The quantitative estimate of drug-likeness (QED) is 0.549. The molecule has 0 atom stereocenters. The molecular formula is C18H17N3OS2. The lowest BCUT2D eigenvalue weighted by atomic mass is 10.2. The average molecular weight is 355 g/mol. The number of nitrogens with one attached hydrogen (secondary N) is 1. The summed E-state index contributed by atoms with van der Waals surface area (Å²) in [6.07, 6.45) is 0.234. The van der Waals surface area contributed by atoms with Crippen LogP contribution < -0.4 is 5.43 Å². The highest BCUT2D eigenvalue weighted by Gasteiger charge is 2.09. The molecule has 2 heterocycles. The minimum absolute atomic E-state index is 0.156. The Morgan fingerprint density at radius 3 is 2.71 bits per heavy atom. The topological polar surface area (TPSA) is 54.4 Å². The molecule has 0 unspecified atom stereocenters. The lowest BCUT2D eigenvalue weighted by Gasteiger charge is -2.00. The molecule has 3 aromatic rings. The minimum Gasteiger partial charge on any atom is -0.273 e. The van der Waals surface area contributed by atoms with E-state index in [9.17, 15) is 4.79 Å². The van der Waals surface area contributed by atoms with Crippen LogP contribution in [0.4, 0.5) is 0 Å². The van der Waals surface area contributed by atoms with E-state index >= 15 is 0 Å². The number of amides is 1. The normalized spacial score (nSPS) is 11.5. The van der Waals surface area contributed by atoms with Gasteiger partial charge in [-0.1, -0.05) is 30.3 Å². The number of carbonyl (C=O) groups is 1. The maximum absolute atomic E-state index is 12.1. The maximum atomic E-state index is 12.1. The Labute approximate surface area is 148 Å². The Hall–Kier alpha value is -2.31. The van der Waals surface area contributed by atoms with Crippen molar-refractivity contribution in [3.05, 3.63) is 62.6 Å². The molecule has 0 fully saturated rings. The van der Waals surface area contributed by atoms with Crippen molar-refractivity contribution in [1.82, 2.24) is 10.4 Å². The Bertz CT molecular complexity index is 865. The fourth-order valence-electron chi connectivity index (χ4n) is 2.14. The first kappa shape index (κ1) is 16.5. The SMILES string of the molecule is C/C(=N/NC(=O)Cc1nc(-c2ccccc2)cs1)c1ccc(C)s1. The standard InChI is InChI=1S/C18H17N3OS2/c1-12-8-9-16(24-12)13(2)20-21-17(22)10-18-19-15(11-23-18)14-6-4-3-5-7-14/h3-9,11H,10H2,1-2H3,(H,21,22)/b20-13-. The monoisotopic (exact) mass is 355 g/mol. The molecule has 3 rings (SSSR count). The molecule has 1 aromatic carbocycles. The number of thiophene rings is 1. The molecule has 2 aromatic heterocycles. The van der Waals surface area contributed by atoms with Crippen molar-refractivity contribution in [2.24, 2.45) is 5.10 Å². The molecule has 0 bridgehead atoms.